The summed E-state index contributed by atoms with van der Waals surface area (Å²) in [6, 6.07) is 8.76. The number of hydrogen-bond donors (Lipinski definition) is 3. The maximum absolute atomic E-state index is 12.2. The first-order valence-corrected chi connectivity index (χ1v) is 9.57. The smallest absolute Gasteiger partial charge is 0.251 e. The van der Waals surface area contributed by atoms with Crippen LogP contribution in [0.5, 0.6) is 0 Å². The number of carbonyl (C=O) groups is 2. The van der Waals surface area contributed by atoms with Crippen molar-refractivity contribution in [2.75, 3.05) is 13.1 Å². The van der Waals surface area contributed by atoms with Crippen molar-refractivity contribution in [3.63, 3.8) is 0 Å². The first kappa shape index (κ1) is 19.7. The molecule has 1 aromatic carbocycles. The van der Waals surface area contributed by atoms with Crippen molar-refractivity contribution in [3.05, 3.63) is 54.0 Å². The second kappa shape index (κ2) is 9.16. The summed E-state index contributed by atoms with van der Waals surface area (Å²) in [5.41, 5.74) is 0.262. The van der Waals surface area contributed by atoms with Gasteiger partial charge in [0.2, 0.25) is 15.9 Å². The predicted octanol–water partition coefficient (Wildman–Crippen LogP) is 1.01. The van der Waals surface area contributed by atoms with E-state index in [1.807, 2.05) is 6.92 Å². The molecular formula is C17H21N3O5S. The largest absolute Gasteiger partial charge is 0.468 e. The molecule has 0 spiro atoms. The first-order chi connectivity index (χ1) is 12.4. The molecule has 0 aliphatic heterocycles. The average Bonchev–Trinajstić information content (AvgIpc) is 3.16. The Morgan fingerprint density at radius 3 is 2.42 bits per heavy atom. The van der Waals surface area contributed by atoms with Gasteiger partial charge in [0, 0.05) is 12.1 Å². The monoisotopic (exact) mass is 379 g/mol. The van der Waals surface area contributed by atoms with Crippen molar-refractivity contribution < 1.29 is 22.4 Å². The molecule has 2 aromatic rings. The van der Waals surface area contributed by atoms with E-state index in [-0.39, 0.29) is 29.5 Å². The van der Waals surface area contributed by atoms with Crippen molar-refractivity contribution in [2.45, 2.75) is 24.8 Å². The molecule has 2 rings (SSSR count). The van der Waals surface area contributed by atoms with Crippen molar-refractivity contribution in [2.24, 2.45) is 0 Å². The highest BCUT2D eigenvalue weighted by Gasteiger charge is 2.15. The fraction of sp³-hybridized carbons (Fsp3) is 0.294. The lowest BCUT2D eigenvalue weighted by molar-refractivity contribution is -0.120. The maximum atomic E-state index is 12.2. The van der Waals surface area contributed by atoms with Crippen LogP contribution in [0, 0.1) is 0 Å². The Labute approximate surface area is 152 Å². The minimum Gasteiger partial charge on any atom is -0.468 e. The number of benzene rings is 1. The Morgan fingerprint density at radius 1 is 1.08 bits per heavy atom. The van der Waals surface area contributed by atoms with Crippen LogP contribution in [0.1, 0.15) is 29.5 Å². The first-order valence-electron chi connectivity index (χ1n) is 8.09. The molecule has 8 nitrogen and oxygen atoms in total. The van der Waals surface area contributed by atoms with Crippen LogP contribution in [0.2, 0.25) is 0 Å². The van der Waals surface area contributed by atoms with Gasteiger partial charge in [-0.2, -0.15) is 0 Å². The second-order valence-corrected chi connectivity index (χ2v) is 7.23. The number of sulfonamides is 1. The standard InChI is InChI=1S/C17H21N3O5S/c1-2-9-18-16(21)12-19-17(22)13-5-7-15(8-6-13)26(23,24)20-11-14-4-3-10-25-14/h3-8,10,20H,2,9,11-12H2,1H3,(H,18,21)(H,19,22). The maximum Gasteiger partial charge on any atom is 0.251 e. The lowest BCUT2D eigenvalue weighted by Crippen LogP contribution is -2.37. The van der Waals surface area contributed by atoms with Gasteiger partial charge >= 0.3 is 0 Å². The van der Waals surface area contributed by atoms with Crippen molar-refractivity contribution in [1.82, 2.24) is 15.4 Å². The number of hydrogen-bond acceptors (Lipinski definition) is 5. The molecule has 0 aliphatic rings. The third-order valence-electron chi connectivity index (χ3n) is 3.42. The van der Waals surface area contributed by atoms with Gasteiger partial charge in [-0.15, -0.1) is 0 Å². The van der Waals surface area contributed by atoms with Crippen LogP contribution >= 0.6 is 0 Å². The van der Waals surface area contributed by atoms with Crippen molar-refractivity contribution in [1.29, 1.82) is 0 Å². The molecule has 0 fully saturated rings. The summed E-state index contributed by atoms with van der Waals surface area (Å²) in [6.45, 7) is 2.37. The number of furan rings is 1. The Kier molecular flexibility index (Phi) is 6.93. The van der Waals surface area contributed by atoms with Gasteiger partial charge in [-0.05, 0) is 42.8 Å². The molecule has 2 amide bonds. The summed E-state index contributed by atoms with van der Waals surface area (Å²) in [6.07, 6.45) is 2.27. The SMILES string of the molecule is CCCNC(=O)CNC(=O)c1ccc(S(=O)(=O)NCc2ccco2)cc1. The van der Waals surface area contributed by atoms with Crippen LogP contribution < -0.4 is 15.4 Å². The van der Waals surface area contributed by atoms with Gasteiger partial charge in [0.1, 0.15) is 5.76 Å². The predicted molar refractivity (Wildman–Crippen MR) is 94.8 cm³/mol. The molecule has 0 atom stereocenters. The number of carbonyl (C=O) groups excluding carboxylic acids is 2. The van der Waals surface area contributed by atoms with Crippen LogP contribution in [0.25, 0.3) is 0 Å². The van der Waals surface area contributed by atoms with Gasteiger partial charge in [0.05, 0.1) is 24.2 Å². The third kappa shape index (κ3) is 5.71. The zero-order chi connectivity index (χ0) is 19.0. The fourth-order valence-electron chi connectivity index (χ4n) is 2.04. The Morgan fingerprint density at radius 2 is 1.81 bits per heavy atom. The fourth-order valence-corrected chi connectivity index (χ4v) is 3.03. The van der Waals surface area contributed by atoms with Gasteiger partial charge in [-0.3, -0.25) is 9.59 Å². The molecule has 0 radical (unpaired) electrons. The molecular weight excluding hydrogens is 358 g/mol. The lowest BCUT2D eigenvalue weighted by Gasteiger charge is -2.08. The molecule has 0 aliphatic carbocycles. The van der Waals surface area contributed by atoms with Gasteiger partial charge in [0.15, 0.2) is 0 Å². The summed E-state index contributed by atoms with van der Waals surface area (Å²) in [4.78, 5) is 23.5. The molecule has 0 saturated carbocycles. The molecule has 26 heavy (non-hydrogen) atoms. The highest BCUT2D eigenvalue weighted by atomic mass is 32.2. The van der Waals surface area contributed by atoms with E-state index in [1.165, 1.54) is 30.5 Å². The summed E-state index contributed by atoms with van der Waals surface area (Å²) in [7, 11) is -3.72. The van der Waals surface area contributed by atoms with E-state index < -0.39 is 15.9 Å². The number of rotatable bonds is 9. The van der Waals surface area contributed by atoms with E-state index in [2.05, 4.69) is 15.4 Å². The summed E-state index contributed by atoms with van der Waals surface area (Å²) >= 11 is 0. The lowest BCUT2D eigenvalue weighted by atomic mass is 10.2. The van der Waals surface area contributed by atoms with Gasteiger partial charge in [-0.25, -0.2) is 13.1 Å². The quantitative estimate of drug-likeness (QED) is 0.601. The van der Waals surface area contributed by atoms with Crippen molar-refractivity contribution in [3.8, 4) is 0 Å². The highest BCUT2D eigenvalue weighted by Crippen LogP contribution is 2.11. The summed E-state index contributed by atoms with van der Waals surface area (Å²) < 4.78 is 31.9. The molecule has 1 aromatic heterocycles. The van der Waals surface area contributed by atoms with Crippen LogP contribution in [0.15, 0.2) is 52.0 Å². The second-order valence-electron chi connectivity index (χ2n) is 5.46. The van der Waals surface area contributed by atoms with E-state index in [0.29, 0.717) is 12.3 Å². The molecule has 0 unspecified atom stereocenters. The van der Waals surface area contributed by atoms with Crippen LogP contribution in [0.4, 0.5) is 0 Å². The topological polar surface area (TPSA) is 118 Å². The molecule has 0 saturated heterocycles. The average molecular weight is 379 g/mol. The minimum absolute atomic E-state index is 0.0290. The normalized spacial score (nSPS) is 11.1. The number of amides is 2. The molecule has 140 valence electrons. The Balaban J connectivity index is 1.92. The van der Waals surface area contributed by atoms with Crippen LogP contribution in [0.3, 0.4) is 0 Å². The molecule has 1 heterocycles. The zero-order valence-corrected chi connectivity index (χ0v) is 15.1. The van der Waals surface area contributed by atoms with Gasteiger partial charge in [-0.1, -0.05) is 6.92 Å². The summed E-state index contributed by atoms with van der Waals surface area (Å²) in [5.74, 6) is -0.239. The molecule has 0 bridgehead atoms. The van der Waals surface area contributed by atoms with E-state index in [9.17, 15) is 18.0 Å². The summed E-state index contributed by atoms with van der Waals surface area (Å²) in [5, 5.41) is 5.13. The Bertz CT molecular complexity index is 830. The van der Waals surface area contributed by atoms with Crippen LogP contribution in [-0.4, -0.2) is 33.3 Å². The van der Waals surface area contributed by atoms with E-state index >= 15 is 0 Å². The van der Waals surface area contributed by atoms with E-state index in [4.69, 9.17) is 4.42 Å². The van der Waals surface area contributed by atoms with Crippen molar-refractivity contribution >= 4 is 21.8 Å². The highest BCUT2D eigenvalue weighted by molar-refractivity contribution is 7.89. The molecule has 9 heteroatoms. The Hall–Kier alpha value is -2.65. The third-order valence-corrected chi connectivity index (χ3v) is 4.84. The van der Waals surface area contributed by atoms with E-state index in [1.54, 1.807) is 12.1 Å². The van der Waals surface area contributed by atoms with Gasteiger partial charge < -0.3 is 15.1 Å². The van der Waals surface area contributed by atoms with Crippen LogP contribution in [-0.2, 0) is 21.4 Å². The molecule has 3 N–H and O–H groups in total. The van der Waals surface area contributed by atoms with Gasteiger partial charge in [0.25, 0.3) is 5.91 Å². The van der Waals surface area contributed by atoms with E-state index in [0.717, 1.165) is 6.42 Å². The number of nitrogens with one attached hydrogen (secondary N) is 3. The minimum atomic E-state index is -3.72. The zero-order valence-electron chi connectivity index (χ0n) is 14.3.